The highest BCUT2D eigenvalue weighted by Crippen LogP contribution is 2.26. The van der Waals surface area contributed by atoms with Crippen LogP contribution in [0.4, 0.5) is 0 Å². The van der Waals surface area contributed by atoms with Crippen LogP contribution in [0.2, 0.25) is 0 Å². The molecule has 1 heterocycles. The van der Waals surface area contributed by atoms with Crippen LogP contribution in [0.25, 0.3) is 0 Å². The maximum Gasteiger partial charge on any atom is 0.243 e. The second-order valence-corrected chi connectivity index (χ2v) is 8.70. The molecule has 0 bridgehead atoms. The van der Waals surface area contributed by atoms with Gasteiger partial charge in [-0.05, 0) is 49.4 Å². The molecule has 8 heteroatoms. The third-order valence-corrected chi connectivity index (χ3v) is 6.90. The summed E-state index contributed by atoms with van der Waals surface area (Å²) in [6, 6.07) is 12.3. The van der Waals surface area contributed by atoms with E-state index in [1.54, 1.807) is 42.8 Å². The van der Waals surface area contributed by atoms with Gasteiger partial charge in [0.15, 0.2) is 0 Å². The zero-order chi connectivity index (χ0) is 20.9. The molecule has 7 nitrogen and oxygen atoms in total. The quantitative estimate of drug-likeness (QED) is 0.654. The first kappa shape index (κ1) is 21.4. The molecule has 0 spiro atoms. The van der Waals surface area contributed by atoms with Crippen LogP contribution in [0.1, 0.15) is 12.5 Å². The Morgan fingerprint density at radius 3 is 2.14 bits per heavy atom. The number of piperazine rings is 1. The van der Waals surface area contributed by atoms with E-state index >= 15 is 0 Å². The zero-order valence-corrected chi connectivity index (χ0v) is 17.9. The van der Waals surface area contributed by atoms with E-state index < -0.39 is 10.0 Å². The van der Waals surface area contributed by atoms with Crippen LogP contribution in [-0.2, 0) is 16.6 Å². The summed E-state index contributed by atoms with van der Waals surface area (Å²) in [5.74, 6) is 2.25. The standard InChI is InChI=1S/C21H28N2O5S/c1-4-28-18-5-8-20(9-6-18)29(24,25)23-13-11-22(12-14-23)16-17-15-19(26-2)7-10-21(17)27-3/h5-10,15H,4,11-14,16H2,1-3H3. The van der Waals surface area contributed by atoms with Crippen molar-refractivity contribution in [3.05, 3.63) is 48.0 Å². The van der Waals surface area contributed by atoms with Crippen LogP contribution in [0.15, 0.2) is 47.4 Å². The van der Waals surface area contributed by atoms with Crippen LogP contribution >= 0.6 is 0 Å². The Morgan fingerprint density at radius 2 is 1.55 bits per heavy atom. The molecule has 0 saturated carbocycles. The van der Waals surface area contributed by atoms with Crippen molar-refractivity contribution >= 4 is 10.0 Å². The predicted molar refractivity (Wildman–Crippen MR) is 111 cm³/mol. The molecule has 1 saturated heterocycles. The first-order valence-electron chi connectivity index (χ1n) is 9.64. The van der Waals surface area contributed by atoms with E-state index in [0.29, 0.717) is 50.0 Å². The number of benzene rings is 2. The van der Waals surface area contributed by atoms with Crippen LogP contribution in [-0.4, -0.2) is 64.6 Å². The van der Waals surface area contributed by atoms with Gasteiger partial charge in [-0.25, -0.2) is 8.42 Å². The lowest BCUT2D eigenvalue weighted by atomic mass is 10.1. The first-order chi connectivity index (χ1) is 14.0. The van der Waals surface area contributed by atoms with Crippen molar-refractivity contribution in [1.82, 2.24) is 9.21 Å². The second-order valence-electron chi connectivity index (χ2n) is 6.76. The molecule has 2 aromatic carbocycles. The Morgan fingerprint density at radius 1 is 0.897 bits per heavy atom. The van der Waals surface area contributed by atoms with Gasteiger partial charge in [-0.3, -0.25) is 4.90 Å². The van der Waals surface area contributed by atoms with E-state index in [1.165, 1.54) is 0 Å². The van der Waals surface area contributed by atoms with Gasteiger partial charge in [0.25, 0.3) is 0 Å². The number of sulfonamides is 1. The van der Waals surface area contributed by atoms with E-state index in [-0.39, 0.29) is 0 Å². The number of ether oxygens (including phenoxy) is 3. The topological polar surface area (TPSA) is 68.3 Å². The van der Waals surface area contributed by atoms with Gasteiger partial charge in [0, 0.05) is 38.3 Å². The minimum Gasteiger partial charge on any atom is -0.497 e. The number of hydrogen-bond acceptors (Lipinski definition) is 6. The molecule has 1 aliphatic heterocycles. The summed E-state index contributed by atoms with van der Waals surface area (Å²) in [7, 11) is -0.227. The normalized spacial score (nSPS) is 15.8. The zero-order valence-electron chi connectivity index (χ0n) is 17.1. The summed E-state index contributed by atoms with van der Waals surface area (Å²) in [5, 5.41) is 0. The molecular formula is C21H28N2O5S. The predicted octanol–water partition coefficient (Wildman–Crippen LogP) is 2.61. The van der Waals surface area contributed by atoms with Gasteiger partial charge < -0.3 is 14.2 Å². The largest absolute Gasteiger partial charge is 0.497 e. The molecule has 0 amide bonds. The molecule has 158 valence electrons. The van der Waals surface area contributed by atoms with Crippen LogP contribution < -0.4 is 14.2 Å². The van der Waals surface area contributed by atoms with Crippen molar-refractivity contribution < 1.29 is 22.6 Å². The van der Waals surface area contributed by atoms with Crippen LogP contribution in [0.5, 0.6) is 17.2 Å². The fourth-order valence-electron chi connectivity index (χ4n) is 3.40. The lowest BCUT2D eigenvalue weighted by Gasteiger charge is -2.34. The van der Waals surface area contributed by atoms with Gasteiger partial charge in [-0.2, -0.15) is 4.31 Å². The first-order valence-corrected chi connectivity index (χ1v) is 11.1. The highest BCUT2D eigenvalue weighted by molar-refractivity contribution is 7.89. The summed E-state index contributed by atoms with van der Waals surface area (Å²) in [4.78, 5) is 2.52. The summed E-state index contributed by atoms with van der Waals surface area (Å²) in [6.07, 6.45) is 0. The minimum atomic E-state index is -3.51. The third kappa shape index (κ3) is 5.01. The molecule has 0 unspecified atom stereocenters. The molecule has 0 aromatic heterocycles. The summed E-state index contributed by atoms with van der Waals surface area (Å²) in [5.41, 5.74) is 1.02. The monoisotopic (exact) mass is 420 g/mol. The van der Waals surface area contributed by atoms with E-state index in [4.69, 9.17) is 14.2 Å². The average Bonchev–Trinajstić information content (AvgIpc) is 2.74. The van der Waals surface area contributed by atoms with Gasteiger partial charge in [-0.15, -0.1) is 0 Å². The van der Waals surface area contributed by atoms with Gasteiger partial charge in [-0.1, -0.05) is 0 Å². The summed E-state index contributed by atoms with van der Waals surface area (Å²) >= 11 is 0. The smallest absolute Gasteiger partial charge is 0.243 e. The van der Waals surface area contributed by atoms with Crippen molar-refractivity contribution in [2.75, 3.05) is 47.0 Å². The Labute approximate surface area is 172 Å². The minimum absolute atomic E-state index is 0.295. The third-order valence-electron chi connectivity index (χ3n) is 4.99. The van der Waals surface area contributed by atoms with E-state index in [2.05, 4.69) is 4.90 Å². The van der Waals surface area contributed by atoms with Gasteiger partial charge in [0.05, 0.1) is 25.7 Å². The average molecular weight is 421 g/mol. The van der Waals surface area contributed by atoms with Crippen molar-refractivity contribution in [3.63, 3.8) is 0 Å². The Kier molecular flexibility index (Phi) is 7.00. The highest BCUT2D eigenvalue weighted by atomic mass is 32.2. The van der Waals surface area contributed by atoms with Gasteiger partial charge in [0.1, 0.15) is 17.2 Å². The number of rotatable bonds is 8. The molecule has 2 aromatic rings. The Balaban J connectivity index is 1.64. The number of hydrogen-bond donors (Lipinski definition) is 0. The SMILES string of the molecule is CCOc1ccc(S(=O)(=O)N2CCN(Cc3cc(OC)ccc3OC)CC2)cc1. The fraction of sp³-hybridized carbons (Fsp3) is 0.429. The molecule has 29 heavy (non-hydrogen) atoms. The van der Waals surface area contributed by atoms with E-state index in [0.717, 1.165) is 17.1 Å². The van der Waals surface area contributed by atoms with Crippen LogP contribution in [0, 0.1) is 0 Å². The van der Waals surface area contributed by atoms with Gasteiger partial charge >= 0.3 is 0 Å². The van der Waals surface area contributed by atoms with Crippen molar-refractivity contribution in [2.45, 2.75) is 18.4 Å². The Hall–Kier alpha value is -2.29. The summed E-state index contributed by atoms with van der Waals surface area (Å²) in [6.45, 7) is 5.31. The second kappa shape index (κ2) is 9.47. The lowest BCUT2D eigenvalue weighted by molar-refractivity contribution is 0.180. The van der Waals surface area contributed by atoms with Crippen molar-refractivity contribution in [2.24, 2.45) is 0 Å². The molecule has 0 N–H and O–H groups in total. The van der Waals surface area contributed by atoms with Crippen LogP contribution in [0.3, 0.4) is 0 Å². The van der Waals surface area contributed by atoms with Crippen molar-refractivity contribution in [1.29, 1.82) is 0 Å². The van der Waals surface area contributed by atoms with Gasteiger partial charge in [0.2, 0.25) is 10.0 Å². The summed E-state index contributed by atoms with van der Waals surface area (Å²) < 4.78 is 43.6. The fourth-order valence-corrected chi connectivity index (χ4v) is 4.82. The number of methoxy groups -OCH3 is 2. The molecule has 0 atom stereocenters. The van der Waals surface area contributed by atoms with E-state index in [1.807, 2.05) is 25.1 Å². The molecule has 1 fully saturated rings. The lowest BCUT2D eigenvalue weighted by Crippen LogP contribution is -2.48. The van der Waals surface area contributed by atoms with Crippen molar-refractivity contribution in [3.8, 4) is 17.2 Å². The van der Waals surface area contributed by atoms with E-state index in [9.17, 15) is 8.42 Å². The maximum atomic E-state index is 12.9. The highest BCUT2D eigenvalue weighted by Gasteiger charge is 2.28. The maximum absolute atomic E-state index is 12.9. The molecular weight excluding hydrogens is 392 g/mol. The molecule has 0 aliphatic carbocycles. The molecule has 1 aliphatic rings. The molecule has 3 rings (SSSR count). The molecule has 0 radical (unpaired) electrons. The Bertz CT molecular complexity index is 907. The number of nitrogens with zero attached hydrogens (tertiary/aromatic N) is 2.